The van der Waals surface area contributed by atoms with E-state index in [0.29, 0.717) is 38.3 Å². The summed E-state index contributed by atoms with van der Waals surface area (Å²) in [5.74, 6) is 0.951. The Kier molecular flexibility index (Phi) is 7.35. The predicted molar refractivity (Wildman–Crippen MR) is 131 cm³/mol. The second kappa shape index (κ2) is 9.92. The second-order valence-electron chi connectivity index (χ2n) is 10.4. The highest BCUT2D eigenvalue weighted by Crippen LogP contribution is 2.32. The number of carbonyl (C=O) groups is 1. The van der Waals surface area contributed by atoms with Crippen molar-refractivity contribution in [3.63, 3.8) is 0 Å². The molecule has 4 heterocycles. The lowest BCUT2D eigenvalue weighted by Crippen LogP contribution is -2.55. The molecule has 0 unspecified atom stereocenters. The zero-order valence-electron chi connectivity index (χ0n) is 20.5. The molecule has 2 saturated heterocycles. The van der Waals surface area contributed by atoms with Crippen LogP contribution in [0.5, 0.6) is 6.01 Å². The van der Waals surface area contributed by atoms with Crippen LogP contribution in [-0.4, -0.2) is 93.9 Å². The molecule has 4 rings (SSSR count). The maximum absolute atomic E-state index is 12.6. The van der Waals surface area contributed by atoms with Crippen LogP contribution in [0.4, 0.5) is 10.6 Å². The average molecular weight is 525 g/mol. The summed E-state index contributed by atoms with van der Waals surface area (Å²) >= 11 is 3.62. The van der Waals surface area contributed by atoms with Crippen molar-refractivity contribution in [1.29, 1.82) is 0 Å². The first-order chi connectivity index (χ1) is 15.6. The lowest BCUT2D eigenvalue weighted by molar-refractivity contribution is 0.0218. The van der Waals surface area contributed by atoms with Gasteiger partial charge in [0.05, 0.1) is 12.2 Å². The number of piperazine rings is 1. The van der Waals surface area contributed by atoms with Gasteiger partial charge in [0.1, 0.15) is 18.0 Å². The number of nitrogens with zero attached hydrogens (tertiary/aromatic N) is 6. The van der Waals surface area contributed by atoms with Crippen molar-refractivity contribution >= 4 is 28.1 Å². The van der Waals surface area contributed by atoms with Crippen LogP contribution in [-0.2, 0) is 17.7 Å². The fourth-order valence-electron chi connectivity index (χ4n) is 4.78. The number of fused-ring (bicyclic) bond motifs is 1. The molecule has 1 amide bonds. The molecule has 0 saturated carbocycles. The number of aromatic nitrogens is 2. The van der Waals surface area contributed by atoms with Gasteiger partial charge in [0, 0.05) is 60.0 Å². The fraction of sp³-hybridized carbons (Fsp3) is 0.783. The average Bonchev–Trinajstić information content (AvgIpc) is 3.15. The van der Waals surface area contributed by atoms with Gasteiger partial charge in [-0.1, -0.05) is 0 Å². The number of amides is 1. The Morgan fingerprint density at radius 3 is 2.64 bits per heavy atom. The highest BCUT2D eigenvalue weighted by molar-refractivity contribution is 9.07. The van der Waals surface area contributed by atoms with E-state index in [0.717, 1.165) is 44.0 Å². The van der Waals surface area contributed by atoms with E-state index in [-0.39, 0.29) is 12.1 Å². The van der Waals surface area contributed by atoms with E-state index in [4.69, 9.17) is 19.4 Å². The third-order valence-corrected chi connectivity index (χ3v) is 7.21. The number of likely N-dealkylation sites (tertiary alicyclic amines) is 1. The largest absolute Gasteiger partial charge is 0.462 e. The Labute approximate surface area is 205 Å². The lowest BCUT2D eigenvalue weighted by atomic mass is 10.0. The summed E-state index contributed by atoms with van der Waals surface area (Å²) < 4.78 is 13.8. The Balaban J connectivity index is 1.52. The minimum atomic E-state index is -0.496. The third kappa shape index (κ3) is 5.89. The van der Waals surface area contributed by atoms with Crippen molar-refractivity contribution in [2.45, 2.75) is 71.2 Å². The topological polar surface area (TPSA) is 74.3 Å². The first kappa shape index (κ1) is 24.5. The van der Waals surface area contributed by atoms with Crippen LogP contribution in [0, 0.1) is 0 Å². The first-order valence-corrected chi connectivity index (χ1v) is 12.7. The number of rotatable bonds is 4. The van der Waals surface area contributed by atoms with Crippen LogP contribution < -0.4 is 9.64 Å². The molecule has 1 aromatic rings. The van der Waals surface area contributed by atoms with Crippen molar-refractivity contribution in [2.75, 3.05) is 51.3 Å². The van der Waals surface area contributed by atoms with Crippen molar-refractivity contribution in [1.82, 2.24) is 23.7 Å². The van der Waals surface area contributed by atoms with E-state index >= 15 is 0 Å². The Morgan fingerprint density at radius 2 is 1.97 bits per heavy atom. The first-order valence-electron chi connectivity index (χ1n) is 12.0. The number of carbonyl (C=O) groups excluding carboxylic acids is 1. The van der Waals surface area contributed by atoms with E-state index in [1.165, 1.54) is 12.0 Å². The smallest absolute Gasteiger partial charge is 0.410 e. The summed E-state index contributed by atoms with van der Waals surface area (Å²) in [6.07, 6.45) is 2.98. The summed E-state index contributed by atoms with van der Waals surface area (Å²) in [5.41, 5.74) is 1.71. The molecular formula is C23H37BrN6O3. The summed E-state index contributed by atoms with van der Waals surface area (Å²) in [6, 6.07) is 0.978. The number of anilines is 1. The molecule has 184 valence electrons. The Hall–Kier alpha value is -1.65. The van der Waals surface area contributed by atoms with Gasteiger partial charge in [0.25, 0.3) is 0 Å². The molecule has 3 aliphatic heterocycles. The Bertz CT molecular complexity index is 863. The SMILES string of the molecule is C[C@H]1CN(C(=O)OC(C)(C)C)CCN1c1nc(OC[C@@H]2CCCN2C)nc2c1CCN(Br)C2. The van der Waals surface area contributed by atoms with Crippen molar-refractivity contribution in [3.8, 4) is 6.01 Å². The van der Waals surface area contributed by atoms with Gasteiger partial charge in [0.15, 0.2) is 0 Å². The highest BCUT2D eigenvalue weighted by atomic mass is 79.9. The van der Waals surface area contributed by atoms with Crippen LogP contribution in [0.2, 0.25) is 0 Å². The van der Waals surface area contributed by atoms with Crippen LogP contribution >= 0.6 is 16.1 Å². The van der Waals surface area contributed by atoms with E-state index in [1.54, 1.807) is 4.90 Å². The molecule has 0 N–H and O–H groups in total. The summed E-state index contributed by atoms with van der Waals surface area (Å²) in [4.78, 5) is 28.7. The van der Waals surface area contributed by atoms with Gasteiger partial charge >= 0.3 is 12.1 Å². The van der Waals surface area contributed by atoms with E-state index < -0.39 is 5.60 Å². The molecule has 0 bridgehead atoms. The molecule has 0 spiro atoms. The third-order valence-electron chi connectivity index (χ3n) is 6.60. The van der Waals surface area contributed by atoms with Crippen LogP contribution in [0.25, 0.3) is 0 Å². The molecule has 0 aliphatic carbocycles. The van der Waals surface area contributed by atoms with Gasteiger partial charge in [-0.25, -0.2) is 8.72 Å². The number of likely N-dealkylation sites (N-methyl/N-ethyl adjacent to an activating group) is 1. The van der Waals surface area contributed by atoms with Crippen LogP contribution in [0.15, 0.2) is 0 Å². The molecule has 9 nitrogen and oxygen atoms in total. The van der Waals surface area contributed by atoms with E-state index in [2.05, 4.69) is 43.8 Å². The van der Waals surface area contributed by atoms with Gasteiger partial charge in [-0.05, 0) is 60.5 Å². The normalized spacial score (nSPS) is 24.7. The van der Waals surface area contributed by atoms with Gasteiger partial charge in [0.2, 0.25) is 0 Å². The summed E-state index contributed by atoms with van der Waals surface area (Å²) in [7, 11) is 2.15. The summed E-state index contributed by atoms with van der Waals surface area (Å²) in [6.45, 7) is 13.1. The maximum Gasteiger partial charge on any atom is 0.410 e. The molecule has 1 aromatic heterocycles. The quantitative estimate of drug-likeness (QED) is 0.556. The molecule has 0 radical (unpaired) electrons. The Morgan fingerprint density at radius 1 is 1.18 bits per heavy atom. The standard InChI is InChI=1S/C23H37BrN6O3/c1-16-13-28(22(31)33-23(2,3)4)11-12-30(16)20-18-8-10-29(24)14-19(18)25-21(26-20)32-15-17-7-6-9-27(17)5/h16-17H,6-15H2,1-5H3/t16-,17-/m0/s1. The lowest BCUT2D eigenvalue weighted by Gasteiger charge is -2.42. The van der Waals surface area contributed by atoms with Gasteiger partial charge in [-0.15, -0.1) is 0 Å². The number of halogens is 1. The zero-order chi connectivity index (χ0) is 23.8. The molecule has 10 heteroatoms. The molecule has 0 aromatic carbocycles. The predicted octanol–water partition coefficient (Wildman–Crippen LogP) is 3.06. The maximum atomic E-state index is 12.6. The van der Waals surface area contributed by atoms with E-state index in [9.17, 15) is 4.79 Å². The van der Waals surface area contributed by atoms with Gasteiger partial charge in [-0.2, -0.15) is 9.97 Å². The van der Waals surface area contributed by atoms with Crippen molar-refractivity contribution in [3.05, 3.63) is 11.3 Å². The zero-order valence-corrected chi connectivity index (χ0v) is 22.1. The number of hydrogen-bond donors (Lipinski definition) is 0. The van der Waals surface area contributed by atoms with Crippen molar-refractivity contribution < 1.29 is 14.3 Å². The second-order valence-corrected chi connectivity index (χ2v) is 11.4. The molecular weight excluding hydrogens is 488 g/mol. The fourth-order valence-corrected chi connectivity index (χ4v) is 5.20. The molecule has 33 heavy (non-hydrogen) atoms. The molecule has 3 aliphatic rings. The monoisotopic (exact) mass is 524 g/mol. The highest BCUT2D eigenvalue weighted by Gasteiger charge is 2.33. The van der Waals surface area contributed by atoms with E-state index in [1.807, 2.05) is 20.8 Å². The minimum Gasteiger partial charge on any atom is -0.462 e. The van der Waals surface area contributed by atoms with Gasteiger partial charge < -0.3 is 24.2 Å². The minimum absolute atomic E-state index is 0.112. The number of ether oxygens (including phenoxy) is 2. The van der Waals surface area contributed by atoms with Gasteiger partial charge in [-0.3, -0.25) is 0 Å². The van der Waals surface area contributed by atoms with Crippen LogP contribution in [0.3, 0.4) is 0 Å². The molecule has 2 atom stereocenters. The van der Waals surface area contributed by atoms with Crippen LogP contribution in [0.1, 0.15) is 51.8 Å². The van der Waals surface area contributed by atoms with Crippen molar-refractivity contribution in [2.24, 2.45) is 0 Å². The summed E-state index contributed by atoms with van der Waals surface area (Å²) in [5, 5.41) is 0. The molecule has 2 fully saturated rings. The number of hydrogen-bond acceptors (Lipinski definition) is 8.